The Kier molecular flexibility index (Phi) is 7.31. The van der Waals surface area contributed by atoms with Crippen LogP contribution >= 0.6 is 0 Å². The van der Waals surface area contributed by atoms with Crippen molar-refractivity contribution >= 4 is 13.5 Å². The van der Waals surface area contributed by atoms with Gasteiger partial charge in [-0.15, -0.1) is 0 Å². The van der Waals surface area contributed by atoms with Crippen LogP contribution in [0.2, 0.25) is 0 Å². The van der Waals surface area contributed by atoms with Gasteiger partial charge in [0.2, 0.25) is 0 Å². The lowest BCUT2D eigenvalue weighted by atomic mass is 10.4. The molecule has 0 radical (unpaired) electrons. The molecule has 0 atom stereocenters. The Morgan fingerprint density at radius 1 is 1.50 bits per heavy atom. The predicted octanol–water partition coefficient (Wildman–Crippen LogP) is 1.53. The highest BCUT2D eigenvalue weighted by molar-refractivity contribution is 6.33. The van der Waals surface area contributed by atoms with Crippen molar-refractivity contribution in [3.63, 3.8) is 0 Å². The normalized spacial score (nSPS) is 7.20. The Hall–Kier alpha value is -0.935. The summed E-state index contributed by atoms with van der Waals surface area (Å²) in [6.45, 7) is 4.60. The van der Waals surface area contributed by atoms with Crippen molar-refractivity contribution in [1.82, 2.24) is 0 Å². The molecule has 1 N–H and O–H groups in total. The first-order chi connectivity index (χ1) is 4.37. The van der Waals surface area contributed by atoms with E-state index in [4.69, 9.17) is 5.11 Å². The van der Waals surface area contributed by atoms with Gasteiger partial charge in [-0.3, -0.25) is 12.9 Å². The molecule has 0 aliphatic rings. The number of carboxylic acids is 1. The van der Waals surface area contributed by atoms with Crippen LogP contribution < -0.4 is 0 Å². The van der Waals surface area contributed by atoms with Gasteiger partial charge in [0.15, 0.2) is 0 Å². The smallest absolute Gasteiger partial charge is 0.478 e. The molecule has 0 amide bonds. The van der Waals surface area contributed by atoms with Crippen molar-refractivity contribution in [2.75, 3.05) is 0 Å². The zero-order chi connectivity index (χ0) is 8.73. The molecule has 6 heteroatoms. The molecule has 0 bridgehead atoms. The molecule has 0 fully saturated rings. The standard InChI is InChI=1S/C4H6O2.BF3/c1-3(2)4(5)6;2-1(3)4/h1H2,2H3,(H,5,6);. The first-order valence-corrected chi connectivity index (χ1v) is 2.19. The van der Waals surface area contributed by atoms with Crippen LogP contribution in [0.4, 0.5) is 12.9 Å². The molecule has 58 valence electrons. The van der Waals surface area contributed by atoms with Crippen LogP contribution in [0.3, 0.4) is 0 Å². The van der Waals surface area contributed by atoms with Crippen molar-refractivity contribution in [3.05, 3.63) is 12.2 Å². The van der Waals surface area contributed by atoms with Gasteiger partial charge >= 0.3 is 13.5 Å². The minimum Gasteiger partial charge on any atom is -0.478 e. The Balaban J connectivity index is 0. The minimum atomic E-state index is -3.67. The fourth-order valence-corrected chi connectivity index (χ4v) is 0. The van der Waals surface area contributed by atoms with E-state index in [9.17, 15) is 17.7 Å². The summed E-state index contributed by atoms with van der Waals surface area (Å²) in [7, 11) is -3.67. The molecule has 0 rings (SSSR count). The molecule has 0 aliphatic heterocycles. The van der Waals surface area contributed by atoms with Gasteiger partial charge in [-0.05, 0) is 6.92 Å². The Morgan fingerprint density at radius 2 is 1.60 bits per heavy atom. The third-order valence-corrected chi connectivity index (χ3v) is 0.365. The molecule has 0 unspecified atom stereocenters. The predicted molar refractivity (Wildman–Crippen MR) is 31.5 cm³/mol. The number of hydrogen-bond donors (Lipinski definition) is 1. The minimum absolute atomic E-state index is 0.176. The average Bonchev–Trinajstić information content (AvgIpc) is 1.63. The van der Waals surface area contributed by atoms with Crippen molar-refractivity contribution < 1.29 is 22.8 Å². The number of hydrogen-bond acceptors (Lipinski definition) is 1. The van der Waals surface area contributed by atoms with Crippen LogP contribution in [0.25, 0.3) is 0 Å². The number of rotatable bonds is 1. The lowest BCUT2D eigenvalue weighted by Crippen LogP contribution is -1.92. The van der Waals surface area contributed by atoms with Crippen LogP contribution in [0.15, 0.2) is 12.2 Å². The van der Waals surface area contributed by atoms with Crippen molar-refractivity contribution in [1.29, 1.82) is 0 Å². The molecule has 2 nitrogen and oxygen atoms in total. The van der Waals surface area contributed by atoms with E-state index >= 15 is 0 Å². The van der Waals surface area contributed by atoms with Gasteiger partial charge in [-0.2, -0.15) is 0 Å². The summed E-state index contributed by atoms with van der Waals surface area (Å²) in [5.41, 5.74) is 0.176. The second-order valence-corrected chi connectivity index (χ2v) is 1.33. The molecule has 0 aromatic rings. The second-order valence-electron chi connectivity index (χ2n) is 1.33. The quantitative estimate of drug-likeness (QED) is 0.459. The molecule has 0 spiro atoms. The van der Waals surface area contributed by atoms with Gasteiger partial charge in [0.1, 0.15) is 0 Å². The molecule has 0 aromatic carbocycles. The molecule has 0 saturated carbocycles. The largest absolute Gasteiger partial charge is 0.762 e. The molecular formula is C4H6BF3O2. The first-order valence-electron chi connectivity index (χ1n) is 2.19. The number of carbonyl (C=O) groups is 1. The van der Waals surface area contributed by atoms with E-state index < -0.39 is 13.5 Å². The van der Waals surface area contributed by atoms with E-state index in [1.807, 2.05) is 0 Å². The van der Waals surface area contributed by atoms with Gasteiger partial charge < -0.3 is 5.11 Å². The van der Waals surface area contributed by atoms with Gasteiger partial charge in [0, 0.05) is 5.57 Å². The maximum absolute atomic E-state index is 9.67. The van der Waals surface area contributed by atoms with Crippen LogP contribution in [0, 0.1) is 0 Å². The fourth-order valence-electron chi connectivity index (χ4n) is 0. The van der Waals surface area contributed by atoms with Crippen LogP contribution in [-0.4, -0.2) is 18.6 Å². The highest BCUT2D eigenvalue weighted by atomic mass is 19.4. The van der Waals surface area contributed by atoms with Gasteiger partial charge in [-0.1, -0.05) is 6.58 Å². The number of aliphatic carboxylic acids is 1. The Labute approximate surface area is 56.6 Å². The van der Waals surface area contributed by atoms with E-state index in [-0.39, 0.29) is 5.57 Å². The van der Waals surface area contributed by atoms with Crippen molar-refractivity contribution in [2.24, 2.45) is 0 Å². The highest BCUT2D eigenvalue weighted by Crippen LogP contribution is 1.81. The van der Waals surface area contributed by atoms with E-state index in [0.29, 0.717) is 0 Å². The highest BCUT2D eigenvalue weighted by Gasteiger charge is 2.06. The van der Waals surface area contributed by atoms with Gasteiger partial charge in [0.05, 0.1) is 0 Å². The summed E-state index contributed by atoms with van der Waals surface area (Å²) in [4.78, 5) is 9.60. The molecule has 0 aliphatic carbocycles. The first kappa shape index (κ1) is 11.8. The zero-order valence-corrected chi connectivity index (χ0v) is 5.27. The molecular weight excluding hydrogens is 148 g/mol. The average molecular weight is 154 g/mol. The van der Waals surface area contributed by atoms with E-state index in [2.05, 4.69) is 6.58 Å². The van der Waals surface area contributed by atoms with Crippen LogP contribution in [0.1, 0.15) is 6.92 Å². The van der Waals surface area contributed by atoms with E-state index in [1.165, 1.54) is 6.92 Å². The maximum atomic E-state index is 9.67. The van der Waals surface area contributed by atoms with Gasteiger partial charge in [-0.25, -0.2) is 4.79 Å². The molecule has 0 heterocycles. The molecule has 10 heavy (non-hydrogen) atoms. The summed E-state index contributed by atoms with van der Waals surface area (Å²) < 4.78 is 29.0. The summed E-state index contributed by atoms with van der Waals surface area (Å²) in [5, 5.41) is 7.89. The van der Waals surface area contributed by atoms with Crippen molar-refractivity contribution in [3.8, 4) is 0 Å². The lowest BCUT2D eigenvalue weighted by Gasteiger charge is -1.79. The monoisotopic (exact) mass is 154 g/mol. The SMILES string of the molecule is C=C(C)C(=O)O.FB(F)F. The summed E-state index contributed by atoms with van der Waals surface area (Å²) >= 11 is 0. The topological polar surface area (TPSA) is 37.3 Å². The number of halogens is 3. The number of carboxylic acid groups (broad SMARTS) is 1. The lowest BCUT2D eigenvalue weighted by molar-refractivity contribution is -0.132. The Bertz CT molecular complexity index is 111. The molecule has 0 aromatic heterocycles. The van der Waals surface area contributed by atoms with E-state index in [0.717, 1.165) is 0 Å². The summed E-state index contributed by atoms with van der Waals surface area (Å²) in [6, 6.07) is 0. The third-order valence-electron chi connectivity index (χ3n) is 0.365. The van der Waals surface area contributed by atoms with E-state index in [1.54, 1.807) is 0 Å². The van der Waals surface area contributed by atoms with Crippen molar-refractivity contribution in [2.45, 2.75) is 6.92 Å². The van der Waals surface area contributed by atoms with Crippen LogP contribution in [0.5, 0.6) is 0 Å². The molecule has 0 saturated heterocycles. The van der Waals surface area contributed by atoms with Gasteiger partial charge in [0.25, 0.3) is 0 Å². The fraction of sp³-hybridized carbons (Fsp3) is 0.250. The summed E-state index contributed by atoms with van der Waals surface area (Å²) in [5.74, 6) is -0.935. The second kappa shape index (κ2) is 6.19. The van der Waals surface area contributed by atoms with Crippen LogP contribution in [-0.2, 0) is 4.79 Å². The maximum Gasteiger partial charge on any atom is 0.762 e. The Morgan fingerprint density at radius 3 is 1.60 bits per heavy atom. The third kappa shape index (κ3) is 27.7. The summed E-state index contributed by atoms with van der Waals surface area (Å²) in [6.07, 6.45) is 0. The zero-order valence-electron chi connectivity index (χ0n) is 5.27.